The average Bonchev–Trinajstić information content (AvgIpc) is 2.55. The first-order valence-corrected chi connectivity index (χ1v) is 7.82. The molecule has 0 atom stereocenters. The zero-order chi connectivity index (χ0) is 17.6. The van der Waals surface area contributed by atoms with Crippen LogP contribution in [0, 0.1) is 0 Å². The molecule has 0 saturated carbocycles. The molecular weight excluding hydrogens is 328 g/mol. The van der Waals surface area contributed by atoms with Crippen LogP contribution in [0.4, 0.5) is 0 Å². The number of carbonyl (C=O) groups excluding carboxylic acids is 2. The third kappa shape index (κ3) is 5.28. The molecule has 2 N–H and O–H groups in total. The molecule has 2 aromatic rings. The molecule has 2 aromatic carbocycles. The molecule has 24 heavy (non-hydrogen) atoms. The van der Waals surface area contributed by atoms with Crippen LogP contribution in [0.15, 0.2) is 54.6 Å². The number of hydrazine groups is 1. The van der Waals surface area contributed by atoms with Gasteiger partial charge in [0.2, 0.25) is 5.91 Å². The van der Waals surface area contributed by atoms with Crippen LogP contribution in [0.2, 0.25) is 5.02 Å². The Balaban J connectivity index is 1.86. The van der Waals surface area contributed by atoms with E-state index < -0.39 is 11.5 Å². The van der Waals surface area contributed by atoms with Gasteiger partial charge < -0.3 is 4.74 Å². The molecule has 0 spiro atoms. The summed E-state index contributed by atoms with van der Waals surface area (Å²) < 4.78 is 5.65. The lowest BCUT2D eigenvalue weighted by atomic mass is 10.1. The standard InChI is InChI=1S/C18H19ClN2O3/c1-18(2,24-15-10-8-14(19)9-11-15)17(23)21-20-16(22)12-13-6-4-3-5-7-13/h3-11H,12H2,1-2H3,(H,20,22)(H,21,23). The molecule has 0 aliphatic carbocycles. The summed E-state index contributed by atoms with van der Waals surface area (Å²) >= 11 is 5.81. The van der Waals surface area contributed by atoms with Gasteiger partial charge in [-0.1, -0.05) is 41.9 Å². The number of hydrogen-bond donors (Lipinski definition) is 2. The zero-order valence-electron chi connectivity index (χ0n) is 13.5. The van der Waals surface area contributed by atoms with Crippen molar-refractivity contribution in [2.24, 2.45) is 0 Å². The highest BCUT2D eigenvalue weighted by atomic mass is 35.5. The van der Waals surface area contributed by atoms with E-state index >= 15 is 0 Å². The fraction of sp³-hybridized carbons (Fsp3) is 0.222. The van der Waals surface area contributed by atoms with Gasteiger partial charge in [-0.2, -0.15) is 0 Å². The molecule has 2 amide bonds. The summed E-state index contributed by atoms with van der Waals surface area (Å²) in [7, 11) is 0. The van der Waals surface area contributed by atoms with Gasteiger partial charge >= 0.3 is 0 Å². The number of rotatable bonds is 5. The summed E-state index contributed by atoms with van der Waals surface area (Å²) in [6.07, 6.45) is 0.180. The first kappa shape index (κ1) is 17.8. The number of ether oxygens (including phenoxy) is 1. The Labute approximate surface area is 145 Å². The second-order valence-electron chi connectivity index (χ2n) is 5.73. The van der Waals surface area contributed by atoms with E-state index in [4.69, 9.17) is 16.3 Å². The molecule has 126 valence electrons. The fourth-order valence-electron chi connectivity index (χ4n) is 1.95. The van der Waals surface area contributed by atoms with Crippen LogP contribution in [0.1, 0.15) is 19.4 Å². The molecule has 0 unspecified atom stereocenters. The lowest BCUT2D eigenvalue weighted by Gasteiger charge is -2.25. The minimum atomic E-state index is -1.16. The maximum atomic E-state index is 12.2. The van der Waals surface area contributed by atoms with Crippen molar-refractivity contribution >= 4 is 23.4 Å². The zero-order valence-corrected chi connectivity index (χ0v) is 14.3. The summed E-state index contributed by atoms with van der Waals surface area (Å²) in [6, 6.07) is 16.0. The molecular formula is C18H19ClN2O3. The van der Waals surface area contributed by atoms with Crippen molar-refractivity contribution in [3.05, 3.63) is 65.2 Å². The summed E-state index contributed by atoms with van der Waals surface area (Å²) in [6.45, 7) is 3.22. The van der Waals surface area contributed by atoms with Gasteiger partial charge in [0.05, 0.1) is 6.42 Å². The molecule has 5 nitrogen and oxygen atoms in total. The Kier molecular flexibility index (Phi) is 5.82. The van der Waals surface area contributed by atoms with Crippen molar-refractivity contribution < 1.29 is 14.3 Å². The molecule has 0 radical (unpaired) electrons. The third-order valence-electron chi connectivity index (χ3n) is 3.26. The van der Waals surface area contributed by atoms with Crippen LogP contribution >= 0.6 is 11.6 Å². The van der Waals surface area contributed by atoms with Crippen LogP contribution in [0.3, 0.4) is 0 Å². The van der Waals surface area contributed by atoms with Gasteiger partial charge in [0.25, 0.3) is 5.91 Å². The summed E-state index contributed by atoms with van der Waals surface area (Å²) in [5.74, 6) is -0.258. The van der Waals surface area contributed by atoms with E-state index in [0.29, 0.717) is 10.8 Å². The first-order valence-electron chi connectivity index (χ1n) is 7.44. The van der Waals surface area contributed by atoms with Gasteiger partial charge in [0.1, 0.15) is 5.75 Å². The van der Waals surface area contributed by atoms with Gasteiger partial charge in [-0.3, -0.25) is 20.4 Å². The highest BCUT2D eigenvalue weighted by Gasteiger charge is 2.30. The van der Waals surface area contributed by atoms with Crippen molar-refractivity contribution in [3.8, 4) is 5.75 Å². The normalized spacial score (nSPS) is 10.8. The van der Waals surface area contributed by atoms with E-state index in [9.17, 15) is 9.59 Å². The van der Waals surface area contributed by atoms with Gasteiger partial charge in [-0.15, -0.1) is 0 Å². The Morgan fingerprint density at radius 3 is 2.25 bits per heavy atom. The number of hydrogen-bond acceptors (Lipinski definition) is 3. The summed E-state index contributed by atoms with van der Waals surface area (Å²) in [5, 5.41) is 0.581. The summed E-state index contributed by atoms with van der Waals surface area (Å²) in [5.41, 5.74) is 4.48. The van der Waals surface area contributed by atoms with Crippen LogP contribution < -0.4 is 15.6 Å². The first-order chi connectivity index (χ1) is 11.4. The molecule has 0 fully saturated rings. The van der Waals surface area contributed by atoms with E-state index in [2.05, 4.69) is 10.9 Å². The van der Waals surface area contributed by atoms with E-state index in [1.165, 1.54) is 0 Å². The van der Waals surface area contributed by atoms with E-state index in [1.54, 1.807) is 38.1 Å². The molecule has 0 aliphatic rings. The van der Waals surface area contributed by atoms with Crippen molar-refractivity contribution in [1.82, 2.24) is 10.9 Å². The molecule has 0 saturated heterocycles. The van der Waals surface area contributed by atoms with E-state index in [-0.39, 0.29) is 12.3 Å². The Morgan fingerprint density at radius 1 is 1.00 bits per heavy atom. The monoisotopic (exact) mass is 346 g/mol. The second-order valence-corrected chi connectivity index (χ2v) is 6.17. The van der Waals surface area contributed by atoms with E-state index in [0.717, 1.165) is 5.56 Å². The highest BCUT2D eigenvalue weighted by Crippen LogP contribution is 2.20. The molecule has 0 aliphatic heterocycles. The predicted octanol–water partition coefficient (Wildman–Crippen LogP) is 2.89. The minimum absolute atomic E-state index is 0.180. The number of nitrogens with one attached hydrogen (secondary N) is 2. The number of benzene rings is 2. The third-order valence-corrected chi connectivity index (χ3v) is 3.51. The average molecular weight is 347 g/mol. The van der Waals surface area contributed by atoms with Gasteiger partial charge in [0.15, 0.2) is 5.60 Å². The van der Waals surface area contributed by atoms with Gasteiger partial charge in [-0.25, -0.2) is 0 Å². The molecule has 0 bridgehead atoms. The van der Waals surface area contributed by atoms with Crippen molar-refractivity contribution in [3.63, 3.8) is 0 Å². The van der Waals surface area contributed by atoms with E-state index in [1.807, 2.05) is 30.3 Å². The van der Waals surface area contributed by atoms with Crippen LogP contribution in [-0.2, 0) is 16.0 Å². The highest BCUT2D eigenvalue weighted by molar-refractivity contribution is 6.30. The minimum Gasteiger partial charge on any atom is -0.478 e. The van der Waals surface area contributed by atoms with Crippen LogP contribution in [0.5, 0.6) is 5.75 Å². The summed E-state index contributed by atoms with van der Waals surface area (Å²) in [4.78, 5) is 24.1. The Hall–Kier alpha value is -2.53. The van der Waals surface area contributed by atoms with Crippen LogP contribution in [-0.4, -0.2) is 17.4 Å². The molecule has 0 aromatic heterocycles. The molecule has 2 rings (SSSR count). The number of halogens is 1. The van der Waals surface area contributed by atoms with Crippen molar-refractivity contribution in [2.45, 2.75) is 25.9 Å². The van der Waals surface area contributed by atoms with Crippen molar-refractivity contribution in [1.29, 1.82) is 0 Å². The largest absolute Gasteiger partial charge is 0.478 e. The SMILES string of the molecule is CC(C)(Oc1ccc(Cl)cc1)C(=O)NNC(=O)Cc1ccccc1. The molecule has 0 heterocycles. The number of carbonyl (C=O) groups is 2. The second kappa shape index (κ2) is 7.84. The predicted molar refractivity (Wildman–Crippen MR) is 92.6 cm³/mol. The van der Waals surface area contributed by atoms with Crippen molar-refractivity contribution in [2.75, 3.05) is 0 Å². The van der Waals surface area contributed by atoms with Gasteiger partial charge in [0, 0.05) is 5.02 Å². The Morgan fingerprint density at radius 2 is 1.62 bits per heavy atom. The quantitative estimate of drug-likeness (QED) is 0.818. The topological polar surface area (TPSA) is 67.4 Å². The Bertz CT molecular complexity index is 700. The van der Waals surface area contributed by atoms with Crippen LogP contribution in [0.25, 0.3) is 0 Å². The maximum Gasteiger partial charge on any atom is 0.281 e. The fourth-order valence-corrected chi connectivity index (χ4v) is 2.07. The number of amides is 2. The maximum absolute atomic E-state index is 12.2. The lowest BCUT2D eigenvalue weighted by Crippen LogP contribution is -2.53. The molecule has 6 heteroatoms. The van der Waals surface area contributed by atoms with Gasteiger partial charge in [-0.05, 0) is 43.7 Å². The lowest BCUT2D eigenvalue weighted by molar-refractivity contribution is -0.138. The smallest absolute Gasteiger partial charge is 0.281 e.